The van der Waals surface area contributed by atoms with Gasteiger partial charge in [-0.05, 0) is 31.9 Å². The summed E-state index contributed by atoms with van der Waals surface area (Å²) in [5.41, 5.74) is 0. The van der Waals surface area contributed by atoms with Crippen LogP contribution in [0.1, 0.15) is 33.6 Å². The van der Waals surface area contributed by atoms with E-state index in [9.17, 15) is 17.7 Å². The Morgan fingerprint density at radius 3 is 1.92 bits per heavy atom. The van der Waals surface area contributed by atoms with E-state index in [4.69, 9.17) is 0 Å². The molecule has 0 bridgehead atoms. The summed E-state index contributed by atoms with van der Waals surface area (Å²) in [6.45, 7) is 5.28. The Bertz CT molecular complexity index is 150. The zero-order chi connectivity index (χ0) is 10.7. The van der Waals surface area contributed by atoms with Crippen LogP contribution in [0.3, 0.4) is 0 Å². The number of hydrogen-bond donors (Lipinski definition) is 0. The van der Waals surface area contributed by atoms with Crippen LogP contribution in [0.5, 0.6) is 0 Å². The highest BCUT2D eigenvalue weighted by Crippen LogP contribution is 2.24. The van der Waals surface area contributed by atoms with Crippen LogP contribution in [0.2, 0.25) is 0 Å². The molecule has 0 aliphatic rings. The second-order valence-corrected chi connectivity index (χ2v) is 6.20. The molecule has 1 nitrogen and oxygen atoms in total. The first kappa shape index (κ1) is 13.1. The van der Waals surface area contributed by atoms with E-state index >= 15 is 0 Å². The van der Waals surface area contributed by atoms with E-state index in [0.717, 1.165) is 0 Å². The molecule has 0 saturated heterocycles. The molecule has 0 aromatic carbocycles. The lowest BCUT2D eigenvalue weighted by atomic mass is 10.3. The lowest BCUT2D eigenvalue weighted by Crippen LogP contribution is -2.30. The predicted molar refractivity (Wildman–Crippen MR) is 48.1 cm³/mol. The highest BCUT2D eigenvalue weighted by atomic mass is 32.2. The number of rotatable bonds is 3. The maximum absolute atomic E-state index is 11.7. The van der Waals surface area contributed by atoms with Crippen LogP contribution in [-0.2, 0) is 11.2 Å². The van der Waals surface area contributed by atoms with Gasteiger partial charge in [-0.1, -0.05) is 0 Å². The average molecular weight is 216 g/mol. The first-order valence-corrected chi connectivity index (χ1v) is 5.40. The van der Waals surface area contributed by atoms with Crippen LogP contribution in [0.25, 0.3) is 0 Å². The largest absolute Gasteiger partial charge is 0.616 e. The third-order valence-corrected chi connectivity index (χ3v) is 3.50. The summed E-state index contributed by atoms with van der Waals surface area (Å²) >= 11 is -1.17. The van der Waals surface area contributed by atoms with Crippen molar-refractivity contribution in [2.24, 2.45) is 0 Å². The second kappa shape index (κ2) is 4.55. The first-order chi connectivity index (χ1) is 5.63. The molecule has 0 saturated carbocycles. The Kier molecular flexibility index (Phi) is 4.59. The smallest absolute Gasteiger partial charge is 0.389 e. The van der Waals surface area contributed by atoms with Crippen LogP contribution in [-0.4, -0.2) is 21.2 Å². The summed E-state index contributed by atoms with van der Waals surface area (Å²) in [4.78, 5) is 0. The van der Waals surface area contributed by atoms with E-state index in [-0.39, 0.29) is 12.2 Å². The number of hydrogen-bond acceptors (Lipinski definition) is 1. The van der Waals surface area contributed by atoms with Crippen molar-refractivity contribution in [1.29, 1.82) is 0 Å². The minimum Gasteiger partial charge on any atom is -0.616 e. The quantitative estimate of drug-likeness (QED) is 0.665. The SMILES string of the molecule is CC(C)(C)[S+]([O-])CCCC(F)(F)F. The molecule has 0 heterocycles. The zero-order valence-electron chi connectivity index (χ0n) is 8.07. The van der Waals surface area contributed by atoms with Gasteiger partial charge in [-0.15, -0.1) is 0 Å². The van der Waals surface area contributed by atoms with Crippen molar-refractivity contribution in [3.8, 4) is 0 Å². The van der Waals surface area contributed by atoms with Crippen LogP contribution in [0, 0.1) is 0 Å². The van der Waals surface area contributed by atoms with Crippen molar-refractivity contribution in [3.05, 3.63) is 0 Å². The summed E-state index contributed by atoms with van der Waals surface area (Å²) in [6.07, 6.45) is -5.01. The van der Waals surface area contributed by atoms with E-state index in [1.165, 1.54) is 0 Å². The van der Waals surface area contributed by atoms with Gasteiger partial charge in [0.05, 0.1) is 0 Å². The van der Waals surface area contributed by atoms with Gasteiger partial charge in [-0.3, -0.25) is 0 Å². The van der Waals surface area contributed by atoms with Gasteiger partial charge in [-0.25, -0.2) is 0 Å². The standard InChI is InChI=1S/C8H15F3OS/c1-7(2,3)13(12)6-4-5-8(9,10)11/h4-6H2,1-3H3. The molecular weight excluding hydrogens is 201 g/mol. The zero-order valence-corrected chi connectivity index (χ0v) is 8.89. The van der Waals surface area contributed by atoms with Crippen molar-refractivity contribution >= 4 is 11.2 Å². The lowest BCUT2D eigenvalue weighted by molar-refractivity contribution is -0.134. The summed E-state index contributed by atoms with van der Waals surface area (Å²) < 4.78 is 46.0. The van der Waals surface area contributed by atoms with Gasteiger partial charge in [0.25, 0.3) is 0 Å². The van der Waals surface area contributed by atoms with Crippen LogP contribution >= 0.6 is 0 Å². The highest BCUT2D eigenvalue weighted by Gasteiger charge is 2.30. The van der Waals surface area contributed by atoms with Crippen molar-refractivity contribution in [1.82, 2.24) is 0 Å². The molecule has 0 N–H and O–H groups in total. The molecule has 0 fully saturated rings. The van der Waals surface area contributed by atoms with E-state index in [1.807, 2.05) is 0 Å². The highest BCUT2D eigenvalue weighted by molar-refractivity contribution is 7.92. The molecule has 0 rings (SSSR count). The molecular formula is C8H15F3OS. The van der Waals surface area contributed by atoms with E-state index in [0.29, 0.717) is 0 Å². The molecule has 1 atom stereocenters. The summed E-state index contributed by atoms with van der Waals surface area (Å²) in [7, 11) is 0. The number of alkyl halides is 3. The second-order valence-electron chi connectivity index (χ2n) is 3.88. The van der Waals surface area contributed by atoms with Crippen molar-refractivity contribution in [2.75, 3.05) is 5.75 Å². The first-order valence-electron chi connectivity index (χ1n) is 4.08. The van der Waals surface area contributed by atoms with Gasteiger partial charge in [0.1, 0.15) is 10.5 Å². The molecule has 0 radical (unpaired) electrons. The Labute approximate surface area is 79.9 Å². The molecule has 0 aromatic rings. The van der Waals surface area contributed by atoms with Crippen LogP contribution in [0.15, 0.2) is 0 Å². The van der Waals surface area contributed by atoms with Crippen molar-refractivity contribution < 1.29 is 17.7 Å². The summed E-state index contributed by atoms with van der Waals surface area (Å²) in [5, 5.41) is 0. The molecule has 1 unspecified atom stereocenters. The molecule has 0 spiro atoms. The minimum atomic E-state index is -4.12. The topological polar surface area (TPSA) is 23.1 Å². The monoisotopic (exact) mass is 216 g/mol. The van der Waals surface area contributed by atoms with E-state index in [1.54, 1.807) is 20.8 Å². The van der Waals surface area contributed by atoms with Crippen molar-refractivity contribution in [3.63, 3.8) is 0 Å². The molecule has 0 aliphatic heterocycles. The molecule has 5 heteroatoms. The van der Waals surface area contributed by atoms with E-state index in [2.05, 4.69) is 0 Å². The Morgan fingerprint density at radius 2 is 1.62 bits per heavy atom. The van der Waals surface area contributed by atoms with Gasteiger partial charge in [0, 0.05) is 12.8 Å². The van der Waals surface area contributed by atoms with E-state index < -0.39 is 28.5 Å². The molecule has 80 valence electrons. The molecule has 0 amide bonds. The van der Waals surface area contributed by atoms with Gasteiger partial charge in [0.15, 0.2) is 0 Å². The molecule has 13 heavy (non-hydrogen) atoms. The molecule has 0 aliphatic carbocycles. The predicted octanol–water partition coefficient (Wildman–Crippen LogP) is 2.88. The third kappa shape index (κ3) is 7.19. The summed E-state index contributed by atoms with van der Waals surface area (Å²) in [5.74, 6) is 0.128. The van der Waals surface area contributed by atoms with Gasteiger partial charge in [-0.2, -0.15) is 13.2 Å². The number of halogens is 3. The van der Waals surface area contributed by atoms with Crippen molar-refractivity contribution in [2.45, 2.75) is 44.5 Å². The van der Waals surface area contributed by atoms with Crippen LogP contribution in [0.4, 0.5) is 13.2 Å². The molecule has 0 aromatic heterocycles. The average Bonchev–Trinajstić information content (AvgIpc) is 1.82. The van der Waals surface area contributed by atoms with Crippen LogP contribution < -0.4 is 0 Å². The lowest BCUT2D eigenvalue weighted by Gasteiger charge is -2.24. The fourth-order valence-electron chi connectivity index (χ4n) is 0.710. The minimum absolute atomic E-state index is 0.0482. The maximum atomic E-state index is 11.7. The third-order valence-electron chi connectivity index (χ3n) is 1.47. The maximum Gasteiger partial charge on any atom is 0.389 e. The Hall–Kier alpha value is 0.100. The summed E-state index contributed by atoms with van der Waals surface area (Å²) in [6, 6.07) is 0. The fourth-order valence-corrected chi connectivity index (χ4v) is 1.73. The Morgan fingerprint density at radius 1 is 1.15 bits per heavy atom. The normalized spacial score (nSPS) is 15.9. The Balaban J connectivity index is 3.67. The van der Waals surface area contributed by atoms with Gasteiger partial charge in [0.2, 0.25) is 0 Å². The van der Waals surface area contributed by atoms with Gasteiger partial charge < -0.3 is 4.55 Å². The fraction of sp³-hybridized carbons (Fsp3) is 1.00. The van der Waals surface area contributed by atoms with Gasteiger partial charge >= 0.3 is 6.18 Å².